The number of hydrogen-bond acceptors (Lipinski definition) is 5. The number of aryl methyl sites for hydroxylation is 1. The van der Waals surface area contributed by atoms with Gasteiger partial charge in [-0.15, -0.1) is 0 Å². The summed E-state index contributed by atoms with van der Waals surface area (Å²) in [6.45, 7) is 6.17. The molecular weight excluding hydrogens is 226 g/mol. The molecule has 0 aromatic carbocycles. The van der Waals surface area contributed by atoms with E-state index in [1.807, 2.05) is 19.1 Å². The lowest BCUT2D eigenvalue weighted by Crippen LogP contribution is -2.14. The summed E-state index contributed by atoms with van der Waals surface area (Å²) >= 11 is 0. The van der Waals surface area contributed by atoms with Crippen LogP contribution >= 0.6 is 0 Å². The van der Waals surface area contributed by atoms with E-state index in [9.17, 15) is 0 Å². The molecule has 0 aliphatic carbocycles. The van der Waals surface area contributed by atoms with Crippen LogP contribution in [0.2, 0.25) is 0 Å². The number of hydrazine groups is 1. The van der Waals surface area contributed by atoms with Gasteiger partial charge in [0.1, 0.15) is 5.82 Å². The van der Waals surface area contributed by atoms with Gasteiger partial charge in [-0.25, -0.2) is 15.8 Å². The van der Waals surface area contributed by atoms with Gasteiger partial charge in [0.2, 0.25) is 0 Å². The summed E-state index contributed by atoms with van der Waals surface area (Å²) in [4.78, 5) is 13.0. The first kappa shape index (κ1) is 12.4. The maximum atomic E-state index is 5.55. The lowest BCUT2D eigenvalue weighted by atomic mass is 10.0. The average molecular weight is 243 g/mol. The number of nitrogens with zero attached hydrogens (tertiary/aromatic N) is 3. The van der Waals surface area contributed by atoms with E-state index in [2.05, 4.69) is 34.2 Å². The SMILES string of the molecule is Cc1nc(-c2ccncc2)nc(NN)c1C(C)C. The predicted molar refractivity (Wildman–Crippen MR) is 71.9 cm³/mol. The number of nitrogens with one attached hydrogen (secondary N) is 1. The summed E-state index contributed by atoms with van der Waals surface area (Å²) in [7, 11) is 0. The fourth-order valence-corrected chi connectivity index (χ4v) is 2.01. The smallest absolute Gasteiger partial charge is 0.161 e. The van der Waals surface area contributed by atoms with Crippen molar-refractivity contribution >= 4 is 5.82 Å². The summed E-state index contributed by atoms with van der Waals surface area (Å²) in [5.41, 5.74) is 5.59. The quantitative estimate of drug-likeness (QED) is 0.638. The number of nitrogens with two attached hydrogens (primary N) is 1. The Bertz CT molecular complexity index is 537. The maximum absolute atomic E-state index is 5.55. The molecule has 2 rings (SSSR count). The highest BCUT2D eigenvalue weighted by Gasteiger charge is 2.14. The van der Waals surface area contributed by atoms with Crippen molar-refractivity contribution in [3.63, 3.8) is 0 Å². The largest absolute Gasteiger partial charge is 0.308 e. The van der Waals surface area contributed by atoms with Crippen molar-refractivity contribution in [1.29, 1.82) is 0 Å². The van der Waals surface area contributed by atoms with Crippen LogP contribution in [0.4, 0.5) is 5.82 Å². The standard InChI is InChI=1S/C13H17N5/c1-8(2)11-9(3)16-12(17-13(11)18-14)10-4-6-15-7-5-10/h4-8H,14H2,1-3H3,(H,16,17,18). The van der Waals surface area contributed by atoms with Crippen LogP contribution in [0.15, 0.2) is 24.5 Å². The molecule has 0 bridgehead atoms. The van der Waals surface area contributed by atoms with Gasteiger partial charge in [0.15, 0.2) is 5.82 Å². The van der Waals surface area contributed by atoms with E-state index in [1.165, 1.54) is 0 Å². The molecule has 0 fully saturated rings. The van der Waals surface area contributed by atoms with Crippen molar-refractivity contribution in [1.82, 2.24) is 15.0 Å². The molecule has 18 heavy (non-hydrogen) atoms. The Morgan fingerprint density at radius 2 is 1.83 bits per heavy atom. The van der Waals surface area contributed by atoms with Crippen molar-refractivity contribution < 1.29 is 0 Å². The van der Waals surface area contributed by atoms with Gasteiger partial charge >= 0.3 is 0 Å². The second-order valence-electron chi connectivity index (χ2n) is 4.43. The Hall–Kier alpha value is -2.01. The number of aromatic nitrogens is 3. The number of anilines is 1. The van der Waals surface area contributed by atoms with Gasteiger partial charge in [-0.1, -0.05) is 13.8 Å². The van der Waals surface area contributed by atoms with Crippen LogP contribution in [-0.2, 0) is 0 Å². The number of pyridine rings is 1. The highest BCUT2D eigenvalue weighted by atomic mass is 15.3. The topological polar surface area (TPSA) is 76.7 Å². The number of hydrogen-bond donors (Lipinski definition) is 2. The lowest BCUT2D eigenvalue weighted by Gasteiger charge is -2.15. The van der Waals surface area contributed by atoms with Crippen molar-refractivity contribution in [2.45, 2.75) is 26.7 Å². The highest BCUT2D eigenvalue weighted by Crippen LogP contribution is 2.27. The van der Waals surface area contributed by atoms with Crippen LogP contribution in [-0.4, -0.2) is 15.0 Å². The van der Waals surface area contributed by atoms with Gasteiger partial charge in [-0.3, -0.25) is 4.98 Å². The monoisotopic (exact) mass is 243 g/mol. The van der Waals surface area contributed by atoms with Crippen LogP contribution in [0.1, 0.15) is 31.0 Å². The third-order valence-electron chi connectivity index (χ3n) is 2.79. The zero-order chi connectivity index (χ0) is 13.1. The Morgan fingerprint density at radius 3 is 2.39 bits per heavy atom. The Kier molecular flexibility index (Phi) is 3.53. The first-order valence-corrected chi connectivity index (χ1v) is 5.89. The van der Waals surface area contributed by atoms with E-state index < -0.39 is 0 Å². The fraction of sp³-hybridized carbons (Fsp3) is 0.308. The summed E-state index contributed by atoms with van der Waals surface area (Å²) < 4.78 is 0. The van der Waals surface area contributed by atoms with Crippen molar-refractivity contribution in [3.8, 4) is 11.4 Å². The normalized spacial score (nSPS) is 10.7. The molecule has 2 aromatic rings. The molecular formula is C13H17N5. The molecule has 5 nitrogen and oxygen atoms in total. The Morgan fingerprint density at radius 1 is 1.17 bits per heavy atom. The Labute approximate surface area is 106 Å². The minimum atomic E-state index is 0.322. The van der Waals surface area contributed by atoms with Gasteiger partial charge in [0.05, 0.1) is 0 Å². The van der Waals surface area contributed by atoms with E-state index in [4.69, 9.17) is 5.84 Å². The van der Waals surface area contributed by atoms with Gasteiger partial charge in [0.25, 0.3) is 0 Å². The fourth-order valence-electron chi connectivity index (χ4n) is 2.01. The summed E-state index contributed by atoms with van der Waals surface area (Å²) in [5, 5.41) is 0. The number of rotatable bonds is 3. The molecule has 0 radical (unpaired) electrons. The van der Waals surface area contributed by atoms with Crippen LogP contribution in [0.5, 0.6) is 0 Å². The molecule has 0 saturated heterocycles. The van der Waals surface area contributed by atoms with Gasteiger partial charge < -0.3 is 5.43 Å². The van der Waals surface area contributed by atoms with Crippen LogP contribution < -0.4 is 11.3 Å². The minimum Gasteiger partial charge on any atom is -0.308 e. The van der Waals surface area contributed by atoms with Gasteiger partial charge in [-0.2, -0.15) is 0 Å². The molecule has 0 spiro atoms. The third kappa shape index (κ3) is 2.31. The summed E-state index contributed by atoms with van der Waals surface area (Å²) in [6, 6.07) is 3.76. The second kappa shape index (κ2) is 5.10. The molecule has 0 aliphatic heterocycles. The van der Waals surface area contributed by atoms with Crippen molar-refractivity contribution in [3.05, 3.63) is 35.8 Å². The first-order chi connectivity index (χ1) is 8.63. The first-order valence-electron chi connectivity index (χ1n) is 5.89. The van der Waals surface area contributed by atoms with E-state index in [-0.39, 0.29) is 0 Å². The maximum Gasteiger partial charge on any atom is 0.161 e. The van der Waals surface area contributed by atoms with E-state index in [0.29, 0.717) is 17.6 Å². The molecule has 2 heterocycles. The van der Waals surface area contributed by atoms with Crippen LogP contribution in [0.3, 0.4) is 0 Å². The molecule has 0 saturated carbocycles. The van der Waals surface area contributed by atoms with Crippen LogP contribution in [0, 0.1) is 6.92 Å². The molecule has 0 unspecified atom stereocenters. The van der Waals surface area contributed by atoms with Gasteiger partial charge in [-0.05, 0) is 25.0 Å². The molecule has 0 atom stereocenters. The zero-order valence-electron chi connectivity index (χ0n) is 10.8. The van der Waals surface area contributed by atoms with Crippen molar-refractivity contribution in [2.75, 3.05) is 5.43 Å². The molecule has 2 aromatic heterocycles. The number of nitrogen functional groups attached to an aromatic ring is 1. The van der Waals surface area contributed by atoms with Crippen molar-refractivity contribution in [2.24, 2.45) is 5.84 Å². The minimum absolute atomic E-state index is 0.322. The molecule has 0 aliphatic rings. The zero-order valence-corrected chi connectivity index (χ0v) is 10.8. The van der Waals surface area contributed by atoms with Crippen LogP contribution in [0.25, 0.3) is 11.4 Å². The average Bonchev–Trinajstić information content (AvgIpc) is 2.38. The Balaban J connectivity index is 2.56. The highest BCUT2D eigenvalue weighted by molar-refractivity contribution is 5.59. The molecule has 0 amide bonds. The third-order valence-corrected chi connectivity index (χ3v) is 2.79. The molecule has 3 N–H and O–H groups in total. The molecule has 94 valence electrons. The van der Waals surface area contributed by atoms with E-state index in [1.54, 1.807) is 12.4 Å². The lowest BCUT2D eigenvalue weighted by molar-refractivity contribution is 0.831. The summed E-state index contributed by atoms with van der Waals surface area (Å²) in [5.74, 6) is 7.22. The second-order valence-corrected chi connectivity index (χ2v) is 4.43. The van der Waals surface area contributed by atoms with E-state index in [0.717, 1.165) is 16.8 Å². The predicted octanol–water partition coefficient (Wildman–Crippen LogP) is 2.26. The summed E-state index contributed by atoms with van der Waals surface area (Å²) in [6.07, 6.45) is 3.44. The van der Waals surface area contributed by atoms with Gasteiger partial charge in [0, 0.05) is 29.2 Å². The molecule has 5 heteroatoms. The van der Waals surface area contributed by atoms with E-state index >= 15 is 0 Å².